The first-order valence-electron chi connectivity index (χ1n) is 4.23. The average Bonchev–Trinajstić information content (AvgIpc) is 2.87. The molecule has 2 atom stereocenters. The predicted octanol–water partition coefficient (Wildman–Crippen LogP) is 3.74. The van der Waals surface area contributed by atoms with E-state index in [4.69, 9.17) is 0 Å². The van der Waals surface area contributed by atoms with Crippen molar-refractivity contribution in [2.75, 3.05) is 0 Å². The molecule has 2 unspecified atom stereocenters. The second kappa shape index (κ2) is 3.60. The van der Waals surface area contributed by atoms with Crippen LogP contribution in [0.1, 0.15) is 17.9 Å². The minimum atomic E-state index is 0.803. The van der Waals surface area contributed by atoms with Crippen LogP contribution in [0, 0.1) is 5.92 Å². The van der Waals surface area contributed by atoms with E-state index in [1.807, 2.05) is 0 Å². The number of allylic oxidation sites excluding steroid dienone is 1. The van der Waals surface area contributed by atoms with E-state index in [2.05, 4.69) is 63.1 Å². The Morgan fingerprint density at radius 3 is 2.67 bits per heavy atom. The molecular formula is C11H11I. The molecule has 0 heterocycles. The molecule has 0 spiro atoms. The molecule has 1 aromatic carbocycles. The van der Waals surface area contributed by atoms with Gasteiger partial charge in [-0.2, -0.15) is 0 Å². The van der Waals surface area contributed by atoms with Gasteiger partial charge in [0.15, 0.2) is 0 Å². The molecule has 1 aliphatic rings. The van der Waals surface area contributed by atoms with Gasteiger partial charge < -0.3 is 0 Å². The number of halogens is 1. The van der Waals surface area contributed by atoms with Gasteiger partial charge in [-0.25, -0.2) is 0 Å². The summed E-state index contributed by atoms with van der Waals surface area (Å²) in [5, 5.41) is 0. The molecule has 0 saturated heterocycles. The number of hydrogen-bond acceptors (Lipinski definition) is 0. The van der Waals surface area contributed by atoms with Crippen LogP contribution in [0.3, 0.4) is 0 Å². The van der Waals surface area contributed by atoms with Crippen molar-refractivity contribution >= 4 is 22.6 Å². The van der Waals surface area contributed by atoms with Crippen LogP contribution in [-0.2, 0) is 0 Å². The monoisotopic (exact) mass is 270 g/mol. The van der Waals surface area contributed by atoms with Crippen molar-refractivity contribution in [2.45, 2.75) is 12.3 Å². The van der Waals surface area contributed by atoms with E-state index in [0.717, 1.165) is 11.8 Å². The third-order valence-corrected chi connectivity index (χ3v) is 2.80. The van der Waals surface area contributed by atoms with Crippen LogP contribution < -0.4 is 0 Å². The first-order valence-corrected chi connectivity index (χ1v) is 5.48. The predicted molar refractivity (Wildman–Crippen MR) is 60.5 cm³/mol. The first-order chi connectivity index (χ1) is 5.92. The highest BCUT2D eigenvalue weighted by molar-refractivity contribution is 14.1. The summed E-state index contributed by atoms with van der Waals surface area (Å²) in [5.74, 6) is 1.61. The summed E-state index contributed by atoms with van der Waals surface area (Å²) in [4.78, 5) is 0. The van der Waals surface area contributed by atoms with Crippen molar-refractivity contribution in [3.63, 3.8) is 0 Å². The second-order valence-corrected chi connectivity index (χ2v) is 3.95. The smallest absolute Gasteiger partial charge is 0.00927 e. The third kappa shape index (κ3) is 1.71. The molecule has 12 heavy (non-hydrogen) atoms. The van der Waals surface area contributed by atoms with Gasteiger partial charge in [-0.1, -0.05) is 59.0 Å². The number of hydrogen-bond donors (Lipinski definition) is 0. The highest BCUT2D eigenvalue weighted by Crippen LogP contribution is 2.48. The van der Waals surface area contributed by atoms with E-state index in [1.54, 1.807) is 0 Å². The van der Waals surface area contributed by atoms with Gasteiger partial charge in [0.05, 0.1) is 0 Å². The molecule has 1 heteroatoms. The Bertz CT molecular complexity index is 276. The quantitative estimate of drug-likeness (QED) is 0.718. The van der Waals surface area contributed by atoms with Gasteiger partial charge in [0.25, 0.3) is 0 Å². The molecule has 0 aliphatic heterocycles. The van der Waals surface area contributed by atoms with E-state index in [-0.39, 0.29) is 0 Å². The fourth-order valence-corrected chi connectivity index (χ4v) is 2.14. The highest BCUT2D eigenvalue weighted by Gasteiger charge is 2.35. The van der Waals surface area contributed by atoms with Crippen LogP contribution >= 0.6 is 22.6 Å². The van der Waals surface area contributed by atoms with Crippen LogP contribution in [0.2, 0.25) is 0 Å². The van der Waals surface area contributed by atoms with Crippen molar-refractivity contribution in [3.05, 3.63) is 46.1 Å². The molecule has 1 aromatic rings. The molecule has 0 bridgehead atoms. The molecule has 0 radical (unpaired) electrons. The Balaban J connectivity index is 2.06. The summed E-state index contributed by atoms with van der Waals surface area (Å²) >= 11 is 2.29. The van der Waals surface area contributed by atoms with Gasteiger partial charge in [-0.05, 0) is 27.9 Å². The highest BCUT2D eigenvalue weighted by atomic mass is 127. The zero-order valence-corrected chi connectivity index (χ0v) is 8.94. The van der Waals surface area contributed by atoms with Gasteiger partial charge >= 0.3 is 0 Å². The summed E-state index contributed by atoms with van der Waals surface area (Å²) in [5.41, 5.74) is 1.50. The maximum Gasteiger partial charge on any atom is -0.00927 e. The maximum absolute atomic E-state index is 2.30. The number of benzene rings is 1. The Labute approximate surface area is 86.8 Å². The number of rotatable bonds is 2. The summed E-state index contributed by atoms with van der Waals surface area (Å²) in [6, 6.07) is 10.8. The SMILES string of the molecule is I/C=C/C1CC1c1ccccc1. The first kappa shape index (κ1) is 8.30. The minimum absolute atomic E-state index is 0.803. The molecular weight excluding hydrogens is 259 g/mol. The molecule has 62 valence electrons. The lowest BCUT2D eigenvalue weighted by molar-refractivity contribution is 1.01. The van der Waals surface area contributed by atoms with Crippen LogP contribution in [-0.4, -0.2) is 0 Å². The zero-order chi connectivity index (χ0) is 8.39. The topological polar surface area (TPSA) is 0 Å². The Morgan fingerprint density at radius 1 is 1.25 bits per heavy atom. The van der Waals surface area contributed by atoms with E-state index in [1.165, 1.54) is 12.0 Å². The lowest BCUT2D eigenvalue weighted by Crippen LogP contribution is -1.78. The van der Waals surface area contributed by atoms with E-state index in [0.29, 0.717) is 0 Å². The van der Waals surface area contributed by atoms with Crippen LogP contribution in [0.25, 0.3) is 0 Å². The van der Waals surface area contributed by atoms with E-state index >= 15 is 0 Å². The third-order valence-electron chi connectivity index (χ3n) is 2.39. The summed E-state index contributed by atoms with van der Waals surface area (Å²) in [6.45, 7) is 0. The van der Waals surface area contributed by atoms with Crippen molar-refractivity contribution in [3.8, 4) is 0 Å². The maximum atomic E-state index is 2.30. The fraction of sp³-hybridized carbons (Fsp3) is 0.273. The Hall–Kier alpha value is -0.310. The van der Waals surface area contributed by atoms with Crippen molar-refractivity contribution < 1.29 is 0 Å². The summed E-state index contributed by atoms with van der Waals surface area (Å²) < 4.78 is 2.13. The molecule has 0 aromatic heterocycles. The van der Waals surface area contributed by atoms with E-state index < -0.39 is 0 Å². The van der Waals surface area contributed by atoms with Gasteiger partial charge in [0, 0.05) is 0 Å². The summed E-state index contributed by atoms with van der Waals surface area (Å²) in [7, 11) is 0. The van der Waals surface area contributed by atoms with Crippen molar-refractivity contribution in [1.29, 1.82) is 0 Å². The molecule has 1 aliphatic carbocycles. The van der Waals surface area contributed by atoms with Crippen molar-refractivity contribution in [1.82, 2.24) is 0 Å². The largest absolute Gasteiger partial charge is 0.0747 e. The Morgan fingerprint density at radius 2 is 2.00 bits per heavy atom. The second-order valence-electron chi connectivity index (χ2n) is 3.24. The van der Waals surface area contributed by atoms with Gasteiger partial charge in [0.1, 0.15) is 0 Å². The molecule has 1 fully saturated rings. The minimum Gasteiger partial charge on any atom is -0.0747 e. The van der Waals surface area contributed by atoms with Crippen molar-refractivity contribution in [2.24, 2.45) is 5.92 Å². The van der Waals surface area contributed by atoms with Crippen LogP contribution in [0.5, 0.6) is 0 Å². The molecule has 0 amide bonds. The molecule has 0 nitrogen and oxygen atoms in total. The molecule has 2 rings (SSSR count). The van der Waals surface area contributed by atoms with Gasteiger partial charge in [-0.15, -0.1) is 0 Å². The average molecular weight is 270 g/mol. The lowest BCUT2D eigenvalue weighted by atomic mass is 10.1. The zero-order valence-electron chi connectivity index (χ0n) is 6.78. The molecule has 1 saturated carbocycles. The fourth-order valence-electron chi connectivity index (χ4n) is 1.60. The van der Waals surface area contributed by atoms with Crippen LogP contribution in [0.15, 0.2) is 40.5 Å². The Kier molecular flexibility index (Phi) is 2.49. The lowest BCUT2D eigenvalue weighted by Gasteiger charge is -1.95. The van der Waals surface area contributed by atoms with Crippen LogP contribution in [0.4, 0.5) is 0 Å². The normalized spacial score (nSPS) is 27.8. The van der Waals surface area contributed by atoms with Gasteiger partial charge in [0.2, 0.25) is 0 Å². The van der Waals surface area contributed by atoms with E-state index in [9.17, 15) is 0 Å². The summed E-state index contributed by atoms with van der Waals surface area (Å²) in [6.07, 6.45) is 3.64. The molecule has 0 N–H and O–H groups in total. The van der Waals surface area contributed by atoms with Gasteiger partial charge in [-0.3, -0.25) is 0 Å². The standard InChI is InChI=1S/C11H11I/c12-7-6-10-8-11(10)9-4-2-1-3-5-9/h1-7,10-11H,8H2/b7-6+.